The molecule has 1 heterocycles. The Balaban J connectivity index is 2.09. The van der Waals surface area contributed by atoms with Crippen molar-refractivity contribution in [2.75, 3.05) is 0 Å². The number of aromatic nitrogens is 2. The van der Waals surface area contributed by atoms with E-state index in [4.69, 9.17) is 11.6 Å². The molecule has 5 heteroatoms. The molecule has 0 aliphatic rings. The van der Waals surface area contributed by atoms with E-state index in [1.165, 1.54) is 19.3 Å². The summed E-state index contributed by atoms with van der Waals surface area (Å²) in [5, 5.41) is 9.28. The van der Waals surface area contributed by atoms with Crippen molar-refractivity contribution in [3.63, 3.8) is 0 Å². The van der Waals surface area contributed by atoms with Crippen molar-refractivity contribution in [1.82, 2.24) is 9.97 Å². The van der Waals surface area contributed by atoms with Gasteiger partial charge in [-0.25, -0.2) is 9.97 Å². The normalized spacial score (nSPS) is 14.3. The fourth-order valence-electron chi connectivity index (χ4n) is 3.63. The number of hydrogen-bond acceptors (Lipinski definition) is 3. The van der Waals surface area contributed by atoms with Crippen LogP contribution in [0, 0.1) is 5.92 Å². The quantitative estimate of drug-likeness (QED) is 0.317. The van der Waals surface area contributed by atoms with Crippen LogP contribution < -0.4 is 0 Å². The minimum absolute atomic E-state index is 0.135. The van der Waals surface area contributed by atoms with Crippen molar-refractivity contribution < 1.29 is 9.90 Å². The Hall–Kier alpha value is -1.94. The van der Waals surface area contributed by atoms with Crippen LogP contribution in [0.4, 0.5) is 0 Å². The molecular formula is C24H33ClN2O2. The van der Waals surface area contributed by atoms with Gasteiger partial charge in [-0.3, -0.25) is 4.79 Å². The maximum atomic E-state index is 11.9. The molecule has 4 nitrogen and oxygen atoms in total. The third kappa shape index (κ3) is 6.81. The maximum absolute atomic E-state index is 11.9. The predicted molar refractivity (Wildman–Crippen MR) is 119 cm³/mol. The van der Waals surface area contributed by atoms with E-state index >= 15 is 0 Å². The average Bonchev–Trinajstić information content (AvgIpc) is 2.72. The van der Waals surface area contributed by atoms with E-state index in [1.807, 2.05) is 43.6 Å². The topological polar surface area (TPSA) is 63.1 Å². The van der Waals surface area contributed by atoms with Crippen LogP contribution in [0.1, 0.15) is 76.3 Å². The van der Waals surface area contributed by atoms with E-state index in [2.05, 4.69) is 23.8 Å². The Bertz CT molecular complexity index is 746. The molecule has 1 aromatic carbocycles. The second kappa shape index (κ2) is 11.9. The number of aryl methyl sites for hydroxylation is 1. The highest BCUT2D eigenvalue weighted by Gasteiger charge is 2.31. The predicted octanol–water partition coefficient (Wildman–Crippen LogP) is 6.48. The number of aliphatic carboxylic acids is 1. The number of rotatable bonds is 12. The van der Waals surface area contributed by atoms with Gasteiger partial charge in [0.2, 0.25) is 0 Å². The van der Waals surface area contributed by atoms with E-state index < -0.39 is 17.3 Å². The van der Waals surface area contributed by atoms with Crippen LogP contribution in [-0.4, -0.2) is 26.4 Å². The zero-order chi connectivity index (χ0) is 21.2. The highest BCUT2D eigenvalue weighted by molar-refractivity contribution is 6.22. The van der Waals surface area contributed by atoms with Crippen molar-refractivity contribution in [3.8, 4) is 11.4 Å². The van der Waals surface area contributed by atoms with Crippen molar-refractivity contribution in [2.45, 2.75) is 77.0 Å². The smallest absolute Gasteiger partial charge is 0.312 e. The Morgan fingerprint density at radius 3 is 2.24 bits per heavy atom. The molecule has 0 bridgehead atoms. The molecular weight excluding hydrogens is 384 g/mol. The summed E-state index contributed by atoms with van der Waals surface area (Å²) in [6.07, 6.45) is 11.6. The second-order valence-corrected chi connectivity index (χ2v) is 8.38. The van der Waals surface area contributed by atoms with Crippen molar-refractivity contribution in [3.05, 3.63) is 47.8 Å². The molecule has 1 aromatic heterocycles. The van der Waals surface area contributed by atoms with Crippen molar-refractivity contribution >= 4 is 17.6 Å². The monoisotopic (exact) mass is 416 g/mol. The molecule has 0 aliphatic heterocycles. The van der Waals surface area contributed by atoms with Crippen LogP contribution in [0.3, 0.4) is 0 Å². The Kier molecular flexibility index (Phi) is 9.59. The zero-order valence-corrected chi connectivity index (χ0v) is 18.5. The van der Waals surface area contributed by atoms with Gasteiger partial charge in [-0.15, -0.1) is 11.6 Å². The molecule has 0 fully saturated rings. The molecule has 0 saturated carbocycles. The molecule has 158 valence electrons. The lowest BCUT2D eigenvalue weighted by Crippen LogP contribution is -2.27. The van der Waals surface area contributed by atoms with Gasteiger partial charge in [-0.2, -0.15) is 0 Å². The minimum Gasteiger partial charge on any atom is -0.481 e. The molecule has 0 aliphatic carbocycles. The molecule has 1 N–H and O–H groups in total. The number of benzene rings is 1. The number of carbonyl (C=O) groups is 1. The number of alkyl halides is 1. The number of nitrogens with zero attached hydrogens (tertiary/aromatic N) is 2. The van der Waals surface area contributed by atoms with Crippen molar-refractivity contribution in [2.24, 2.45) is 5.92 Å². The van der Waals surface area contributed by atoms with E-state index in [-0.39, 0.29) is 5.92 Å². The number of carboxylic acids is 1. The summed E-state index contributed by atoms with van der Waals surface area (Å²) in [7, 11) is 0. The molecule has 3 unspecified atom stereocenters. The van der Waals surface area contributed by atoms with Gasteiger partial charge >= 0.3 is 5.97 Å². The highest BCUT2D eigenvalue weighted by Crippen LogP contribution is 2.32. The first-order valence-electron chi connectivity index (χ1n) is 10.8. The Morgan fingerprint density at radius 1 is 1.03 bits per heavy atom. The van der Waals surface area contributed by atoms with E-state index in [0.717, 1.165) is 42.4 Å². The van der Waals surface area contributed by atoms with Crippen LogP contribution in [0.2, 0.25) is 0 Å². The molecule has 0 radical (unpaired) electrons. The number of unbranched alkanes of at least 4 members (excludes halogenated alkanes) is 3. The summed E-state index contributed by atoms with van der Waals surface area (Å²) in [4.78, 5) is 20.8. The molecule has 3 atom stereocenters. The number of halogens is 1. The molecule has 2 aromatic rings. The van der Waals surface area contributed by atoms with Crippen LogP contribution >= 0.6 is 11.6 Å². The van der Waals surface area contributed by atoms with Gasteiger partial charge in [0.25, 0.3) is 0 Å². The number of hydrogen-bond donors (Lipinski definition) is 1. The van der Waals surface area contributed by atoms with Crippen LogP contribution in [0.25, 0.3) is 11.4 Å². The summed E-state index contributed by atoms with van der Waals surface area (Å²) >= 11 is 6.54. The maximum Gasteiger partial charge on any atom is 0.312 e. The lowest BCUT2D eigenvalue weighted by Gasteiger charge is -2.24. The Morgan fingerprint density at radius 2 is 1.69 bits per heavy atom. The SMILES string of the molecule is CCCCCCc1cnc(-c2ccc(C(C(=O)O)C(Cl)C(C)CCC)cc2)nc1. The molecule has 0 spiro atoms. The van der Waals surface area contributed by atoms with Gasteiger partial charge in [0, 0.05) is 18.0 Å². The third-order valence-corrected chi connectivity index (χ3v) is 6.11. The van der Waals surface area contributed by atoms with Gasteiger partial charge in [0.15, 0.2) is 5.82 Å². The van der Waals surface area contributed by atoms with Gasteiger partial charge in [-0.1, -0.05) is 70.7 Å². The Labute approximate surface area is 179 Å². The number of carboxylic acid groups (broad SMARTS) is 1. The average molecular weight is 417 g/mol. The van der Waals surface area contributed by atoms with Gasteiger partial charge in [-0.05, 0) is 36.3 Å². The first kappa shape index (κ1) is 23.3. The summed E-state index contributed by atoms with van der Waals surface area (Å²) in [6, 6.07) is 7.44. The fourth-order valence-corrected chi connectivity index (χ4v) is 4.01. The second-order valence-electron chi connectivity index (χ2n) is 7.87. The molecule has 2 rings (SSSR count). The standard InChI is InChI=1S/C24H33ClN2O2/c1-4-6-7-8-10-18-15-26-23(27-16-18)20-13-11-19(12-14-20)21(24(28)29)22(25)17(3)9-5-2/h11-17,21-22H,4-10H2,1-3H3,(H,28,29). The summed E-state index contributed by atoms with van der Waals surface area (Å²) in [5.74, 6) is -0.818. The summed E-state index contributed by atoms with van der Waals surface area (Å²) in [5.41, 5.74) is 2.75. The van der Waals surface area contributed by atoms with Gasteiger partial charge < -0.3 is 5.11 Å². The lowest BCUT2D eigenvalue weighted by atomic mass is 9.86. The first-order chi connectivity index (χ1) is 14.0. The van der Waals surface area contributed by atoms with Crippen LogP contribution in [0.5, 0.6) is 0 Å². The summed E-state index contributed by atoms with van der Waals surface area (Å²) < 4.78 is 0. The molecule has 0 amide bonds. The highest BCUT2D eigenvalue weighted by atomic mass is 35.5. The van der Waals surface area contributed by atoms with Crippen LogP contribution in [-0.2, 0) is 11.2 Å². The van der Waals surface area contributed by atoms with Gasteiger partial charge in [0.1, 0.15) is 0 Å². The molecule has 29 heavy (non-hydrogen) atoms. The fraction of sp³-hybridized carbons (Fsp3) is 0.542. The van der Waals surface area contributed by atoms with Gasteiger partial charge in [0.05, 0.1) is 11.3 Å². The van der Waals surface area contributed by atoms with Crippen LogP contribution in [0.15, 0.2) is 36.7 Å². The lowest BCUT2D eigenvalue weighted by molar-refractivity contribution is -0.139. The van der Waals surface area contributed by atoms with Crippen molar-refractivity contribution in [1.29, 1.82) is 0 Å². The van der Waals surface area contributed by atoms with E-state index in [9.17, 15) is 9.90 Å². The molecule has 0 saturated heterocycles. The summed E-state index contributed by atoms with van der Waals surface area (Å²) in [6.45, 7) is 6.31. The minimum atomic E-state index is -0.885. The first-order valence-corrected chi connectivity index (χ1v) is 11.2. The largest absolute Gasteiger partial charge is 0.481 e. The van der Waals surface area contributed by atoms with E-state index in [1.54, 1.807) is 0 Å². The van der Waals surface area contributed by atoms with E-state index in [0.29, 0.717) is 5.82 Å². The zero-order valence-electron chi connectivity index (χ0n) is 17.8. The third-order valence-electron chi connectivity index (χ3n) is 5.42.